The number of nitrogens with zero attached hydrogens (tertiary/aromatic N) is 2. The Labute approximate surface area is 198 Å². The van der Waals surface area contributed by atoms with E-state index >= 15 is 0 Å². The highest BCUT2D eigenvalue weighted by molar-refractivity contribution is 6.46. The first-order valence-electron chi connectivity index (χ1n) is 10.7. The molecule has 8 heteroatoms. The fourth-order valence-corrected chi connectivity index (χ4v) is 3.80. The molecule has 1 atom stereocenters. The molecule has 1 amide bonds. The van der Waals surface area contributed by atoms with Crippen molar-refractivity contribution in [3.05, 3.63) is 64.2 Å². The summed E-state index contributed by atoms with van der Waals surface area (Å²) in [5.41, 5.74) is 0.864. The summed E-state index contributed by atoms with van der Waals surface area (Å²) in [7, 11) is 3.73. The minimum absolute atomic E-state index is 0.0264. The van der Waals surface area contributed by atoms with Crippen molar-refractivity contribution in [3.8, 4) is 11.5 Å². The average Bonchev–Trinajstić information content (AvgIpc) is 3.02. The molecule has 2 aromatic carbocycles. The predicted octanol–water partition coefficient (Wildman–Crippen LogP) is 4.06. The maximum absolute atomic E-state index is 13.1. The lowest BCUT2D eigenvalue weighted by Gasteiger charge is -2.26. The second kappa shape index (κ2) is 10.3. The number of phenols is 1. The molecule has 2 N–H and O–H groups in total. The molecule has 176 valence electrons. The highest BCUT2D eigenvalue weighted by Crippen LogP contribution is 2.41. The van der Waals surface area contributed by atoms with Crippen molar-refractivity contribution >= 4 is 29.1 Å². The topological polar surface area (TPSA) is 90.3 Å². The molecular formula is C25H29ClN2O5. The number of carbonyl (C=O) groups is 2. The van der Waals surface area contributed by atoms with E-state index in [1.54, 1.807) is 30.3 Å². The number of hydrogen-bond acceptors (Lipinski definition) is 6. The quantitative estimate of drug-likeness (QED) is 0.342. The molecule has 1 heterocycles. The van der Waals surface area contributed by atoms with Crippen LogP contribution in [0.25, 0.3) is 5.76 Å². The number of amides is 1. The van der Waals surface area contributed by atoms with Gasteiger partial charge in [-0.25, -0.2) is 0 Å². The molecule has 1 aliphatic heterocycles. The Hall–Kier alpha value is -3.03. The number of ether oxygens (including phenoxy) is 1. The molecule has 1 fully saturated rings. The van der Waals surface area contributed by atoms with Gasteiger partial charge in [-0.05, 0) is 49.8 Å². The number of rotatable bonds is 8. The Morgan fingerprint density at radius 3 is 2.55 bits per heavy atom. The molecule has 0 radical (unpaired) electrons. The number of aliphatic hydroxyl groups is 1. The number of ketones is 1. The molecule has 3 rings (SSSR count). The molecule has 0 saturated carbocycles. The van der Waals surface area contributed by atoms with Crippen LogP contribution in [0.2, 0.25) is 5.02 Å². The van der Waals surface area contributed by atoms with E-state index in [1.807, 2.05) is 32.8 Å². The van der Waals surface area contributed by atoms with E-state index in [9.17, 15) is 19.8 Å². The van der Waals surface area contributed by atoms with Crippen LogP contribution in [0.3, 0.4) is 0 Å². The van der Waals surface area contributed by atoms with Gasteiger partial charge in [-0.15, -0.1) is 0 Å². The van der Waals surface area contributed by atoms with Gasteiger partial charge in [0.1, 0.15) is 17.3 Å². The summed E-state index contributed by atoms with van der Waals surface area (Å²) in [5, 5.41) is 21.1. The molecule has 0 aliphatic carbocycles. The average molecular weight is 473 g/mol. The largest absolute Gasteiger partial charge is 0.507 e. The summed E-state index contributed by atoms with van der Waals surface area (Å²) >= 11 is 6.12. The molecule has 33 heavy (non-hydrogen) atoms. The smallest absolute Gasteiger partial charge is 0.295 e. The number of likely N-dealkylation sites (N-methyl/N-ethyl adjacent to an activating group) is 1. The molecule has 7 nitrogen and oxygen atoms in total. The SMILES string of the molecule is CC(C)COc1cccc(/C(O)=C2/C(=O)C(=O)N(CCN(C)C)C2c2ccc(O)c(Cl)c2)c1. The third kappa shape index (κ3) is 5.49. The summed E-state index contributed by atoms with van der Waals surface area (Å²) in [6.45, 7) is 5.36. The van der Waals surface area contributed by atoms with Crippen molar-refractivity contribution < 1.29 is 24.5 Å². The Morgan fingerprint density at radius 2 is 1.91 bits per heavy atom. The monoisotopic (exact) mass is 472 g/mol. The van der Waals surface area contributed by atoms with Crippen LogP contribution in [-0.2, 0) is 9.59 Å². The zero-order chi connectivity index (χ0) is 24.3. The molecule has 0 aromatic heterocycles. The summed E-state index contributed by atoms with van der Waals surface area (Å²) in [5.74, 6) is -0.985. The predicted molar refractivity (Wildman–Crippen MR) is 127 cm³/mol. The lowest BCUT2D eigenvalue weighted by Crippen LogP contribution is -2.35. The van der Waals surface area contributed by atoms with Crippen LogP contribution in [0.4, 0.5) is 0 Å². The second-order valence-electron chi connectivity index (χ2n) is 8.74. The Morgan fingerprint density at radius 1 is 1.18 bits per heavy atom. The Balaban J connectivity index is 2.10. The fourth-order valence-electron chi connectivity index (χ4n) is 3.61. The normalized spacial score (nSPS) is 17.9. The first-order valence-corrected chi connectivity index (χ1v) is 11.1. The maximum Gasteiger partial charge on any atom is 0.295 e. The highest BCUT2D eigenvalue weighted by atomic mass is 35.5. The number of hydrogen-bond donors (Lipinski definition) is 2. The van der Waals surface area contributed by atoms with Crippen LogP contribution < -0.4 is 4.74 Å². The van der Waals surface area contributed by atoms with E-state index in [0.29, 0.717) is 35.9 Å². The number of carbonyl (C=O) groups excluding carboxylic acids is 2. The van der Waals surface area contributed by atoms with Crippen LogP contribution in [0.15, 0.2) is 48.0 Å². The minimum atomic E-state index is -0.844. The van der Waals surface area contributed by atoms with Gasteiger partial charge in [0.25, 0.3) is 11.7 Å². The Bertz CT molecular complexity index is 1080. The van der Waals surface area contributed by atoms with E-state index in [4.69, 9.17) is 16.3 Å². The van der Waals surface area contributed by atoms with Crippen molar-refractivity contribution in [2.24, 2.45) is 5.92 Å². The molecule has 2 aromatic rings. The van der Waals surface area contributed by atoms with Gasteiger partial charge in [-0.1, -0.05) is 43.6 Å². The molecule has 0 spiro atoms. The van der Waals surface area contributed by atoms with Gasteiger partial charge in [-0.3, -0.25) is 9.59 Å². The number of halogens is 1. The van der Waals surface area contributed by atoms with Gasteiger partial charge in [-0.2, -0.15) is 0 Å². The number of phenolic OH excluding ortho intramolecular Hbond substituents is 1. The third-order valence-electron chi connectivity index (χ3n) is 5.31. The van der Waals surface area contributed by atoms with Crippen molar-refractivity contribution in [1.29, 1.82) is 0 Å². The van der Waals surface area contributed by atoms with E-state index in [1.165, 1.54) is 17.0 Å². The molecule has 0 bridgehead atoms. The molecular weight excluding hydrogens is 444 g/mol. The van der Waals surface area contributed by atoms with Crippen LogP contribution in [0, 0.1) is 5.92 Å². The minimum Gasteiger partial charge on any atom is -0.507 e. The van der Waals surface area contributed by atoms with Crippen LogP contribution in [-0.4, -0.2) is 65.5 Å². The summed E-state index contributed by atoms with van der Waals surface area (Å²) in [6.07, 6.45) is 0. The van der Waals surface area contributed by atoms with Gasteiger partial charge < -0.3 is 24.7 Å². The zero-order valence-corrected chi connectivity index (χ0v) is 20.0. The van der Waals surface area contributed by atoms with Crippen molar-refractivity contribution in [3.63, 3.8) is 0 Å². The lowest BCUT2D eigenvalue weighted by atomic mass is 9.95. The van der Waals surface area contributed by atoms with Gasteiger partial charge >= 0.3 is 0 Å². The number of likely N-dealkylation sites (tertiary alicyclic amines) is 1. The molecule has 1 unspecified atom stereocenters. The Kier molecular flexibility index (Phi) is 7.66. The van der Waals surface area contributed by atoms with Gasteiger partial charge in [0.15, 0.2) is 0 Å². The summed E-state index contributed by atoms with van der Waals surface area (Å²) < 4.78 is 5.75. The number of aliphatic hydroxyl groups excluding tert-OH is 1. The number of benzene rings is 2. The van der Waals surface area contributed by atoms with Crippen molar-refractivity contribution in [1.82, 2.24) is 9.80 Å². The van der Waals surface area contributed by atoms with Crippen LogP contribution >= 0.6 is 11.6 Å². The summed E-state index contributed by atoms with van der Waals surface area (Å²) in [6, 6.07) is 10.5. The lowest BCUT2D eigenvalue weighted by molar-refractivity contribution is -0.140. The number of aromatic hydroxyl groups is 1. The van der Waals surface area contributed by atoms with E-state index in [2.05, 4.69) is 0 Å². The molecule has 1 saturated heterocycles. The van der Waals surface area contributed by atoms with Gasteiger partial charge in [0, 0.05) is 18.7 Å². The molecule has 1 aliphatic rings. The van der Waals surface area contributed by atoms with E-state index < -0.39 is 17.7 Å². The standard InChI is InChI=1S/C25H29ClN2O5/c1-15(2)14-33-18-7-5-6-17(12-18)23(30)21-22(16-8-9-20(29)19(26)13-16)28(11-10-27(3)4)25(32)24(21)31/h5-9,12-13,15,22,29-30H,10-11,14H2,1-4H3/b23-21-. The first-order chi connectivity index (χ1) is 15.6. The van der Waals surface area contributed by atoms with Crippen LogP contribution in [0.1, 0.15) is 31.0 Å². The highest BCUT2D eigenvalue weighted by Gasteiger charge is 2.46. The van der Waals surface area contributed by atoms with E-state index in [0.717, 1.165) is 0 Å². The maximum atomic E-state index is 13.1. The van der Waals surface area contributed by atoms with Gasteiger partial charge in [0.2, 0.25) is 0 Å². The van der Waals surface area contributed by atoms with Gasteiger partial charge in [0.05, 0.1) is 23.2 Å². The second-order valence-corrected chi connectivity index (χ2v) is 9.15. The summed E-state index contributed by atoms with van der Waals surface area (Å²) in [4.78, 5) is 29.3. The van der Waals surface area contributed by atoms with Crippen molar-refractivity contribution in [2.45, 2.75) is 19.9 Å². The first kappa shape index (κ1) is 24.6. The van der Waals surface area contributed by atoms with E-state index in [-0.39, 0.29) is 28.6 Å². The fraction of sp³-hybridized carbons (Fsp3) is 0.360. The third-order valence-corrected chi connectivity index (χ3v) is 5.61. The van der Waals surface area contributed by atoms with Crippen LogP contribution in [0.5, 0.6) is 11.5 Å². The zero-order valence-electron chi connectivity index (χ0n) is 19.2. The van der Waals surface area contributed by atoms with Crippen molar-refractivity contribution in [2.75, 3.05) is 33.8 Å². The number of Topliss-reactive ketones (excluding diaryl/α,β-unsaturated/α-hetero) is 1.